The lowest BCUT2D eigenvalue weighted by Gasteiger charge is -2.30. The van der Waals surface area contributed by atoms with E-state index in [0.717, 1.165) is 10.6 Å². The summed E-state index contributed by atoms with van der Waals surface area (Å²) >= 11 is 0. The number of nitrogens with one attached hydrogen (secondary N) is 1. The van der Waals surface area contributed by atoms with Crippen LogP contribution in [-0.4, -0.2) is 45.9 Å². The van der Waals surface area contributed by atoms with Crippen LogP contribution in [0.3, 0.4) is 0 Å². The van der Waals surface area contributed by atoms with Crippen molar-refractivity contribution in [3.63, 3.8) is 0 Å². The Morgan fingerprint density at radius 2 is 1.72 bits per heavy atom. The van der Waals surface area contributed by atoms with Crippen LogP contribution in [0, 0.1) is 5.92 Å². The number of hydrogen-bond acceptors (Lipinski definition) is 5. The number of carbonyl (C=O) groups is 1. The fraction of sp³-hybridized carbons (Fsp3) is 0.588. The summed E-state index contributed by atoms with van der Waals surface area (Å²) in [7, 11) is -3.67. The maximum Gasteiger partial charge on any atom is 0.243 e. The van der Waals surface area contributed by atoms with Crippen molar-refractivity contribution >= 4 is 21.6 Å². The van der Waals surface area contributed by atoms with Crippen molar-refractivity contribution in [3.8, 4) is 11.5 Å². The smallest absolute Gasteiger partial charge is 0.243 e. The van der Waals surface area contributed by atoms with E-state index in [1.54, 1.807) is 25.1 Å². The summed E-state index contributed by atoms with van der Waals surface area (Å²) < 4.78 is 36.8. The van der Waals surface area contributed by atoms with Gasteiger partial charge in [-0.15, -0.1) is 0 Å². The number of fused-ring (bicyclic) bond motifs is 1. The molecule has 0 saturated carbocycles. The van der Waals surface area contributed by atoms with Crippen molar-refractivity contribution in [2.24, 2.45) is 5.92 Å². The van der Waals surface area contributed by atoms with Gasteiger partial charge in [-0.25, -0.2) is 8.42 Å². The minimum Gasteiger partial charge on any atom is -0.486 e. The molecule has 1 aliphatic rings. The largest absolute Gasteiger partial charge is 0.486 e. The van der Waals surface area contributed by atoms with Crippen molar-refractivity contribution in [1.82, 2.24) is 5.32 Å². The highest BCUT2D eigenvalue weighted by atomic mass is 32.2. The average molecular weight is 370 g/mol. The van der Waals surface area contributed by atoms with Gasteiger partial charge in [0, 0.05) is 12.1 Å². The van der Waals surface area contributed by atoms with Gasteiger partial charge in [-0.2, -0.15) is 0 Å². The molecule has 2 atom stereocenters. The lowest BCUT2D eigenvalue weighted by Crippen LogP contribution is -2.50. The third kappa shape index (κ3) is 4.56. The van der Waals surface area contributed by atoms with Crippen molar-refractivity contribution in [1.29, 1.82) is 0 Å². The number of nitrogens with zero attached hydrogens (tertiary/aromatic N) is 1. The molecular weight excluding hydrogens is 344 g/mol. The molecule has 8 heteroatoms. The Labute approximate surface area is 149 Å². The van der Waals surface area contributed by atoms with Crippen LogP contribution >= 0.6 is 0 Å². The van der Waals surface area contributed by atoms with Crippen LogP contribution in [0.25, 0.3) is 0 Å². The van der Waals surface area contributed by atoms with Crippen LogP contribution in [0.15, 0.2) is 18.2 Å². The second-order valence-electron chi connectivity index (χ2n) is 6.60. The maximum atomic E-state index is 12.5. The summed E-state index contributed by atoms with van der Waals surface area (Å²) in [6, 6.07) is 3.91. The first kappa shape index (κ1) is 19.4. The summed E-state index contributed by atoms with van der Waals surface area (Å²) in [6.45, 7) is 8.30. The van der Waals surface area contributed by atoms with E-state index in [1.165, 1.54) is 0 Å². The van der Waals surface area contributed by atoms with E-state index in [-0.39, 0.29) is 17.9 Å². The third-order valence-corrected chi connectivity index (χ3v) is 5.48. The monoisotopic (exact) mass is 370 g/mol. The molecule has 1 aliphatic heterocycles. The van der Waals surface area contributed by atoms with Gasteiger partial charge in [0.1, 0.15) is 19.3 Å². The molecule has 0 unspecified atom stereocenters. The van der Waals surface area contributed by atoms with Gasteiger partial charge in [-0.05, 0) is 31.9 Å². The van der Waals surface area contributed by atoms with E-state index in [4.69, 9.17) is 9.47 Å². The van der Waals surface area contributed by atoms with Gasteiger partial charge >= 0.3 is 0 Å². The second kappa shape index (κ2) is 7.51. The fourth-order valence-corrected chi connectivity index (χ4v) is 3.66. The minimum absolute atomic E-state index is 0.0587. The Morgan fingerprint density at radius 3 is 2.28 bits per heavy atom. The highest BCUT2D eigenvalue weighted by Gasteiger charge is 2.31. The number of benzene rings is 1. The predicted molar refractivity (Wildman–Crippen MR) is 96.7 cm³/mol. The summed E-state index contributed by atoms with van der Waals surface area (Å²) in [5.74, 6) is 0.938. The zero-order valence-corrected chi connectivity index (χ0v) is 16.1. The minimum atomic E-state index is -3.67. The van der Waals surface area contributed by atoms with Gasteiger partial charge in [0.2, 0.25) is 15.9 Å². The summed E-state index contributed by atoms with van der Waals surface area (Å²) in [4.78, 5) is 12.5. The Kier molecular flexibility index (Phi) is 5.82. The average Bonchev–Trinajstić information content (AvgIpc) is 2.53. The van der Waals surface area contributed by atoms with E-state index in [2.05, 4.69) is 5.32 Å². The molecule has 0 radical (unpaired) electrons. The topological polar surface area (TPSA) is 84.9 Å². The summed E-state index contributed by atoms with van der Waals surface area (Å²) in [5, 5.41) is 2.86. The number of anilines is 1. The second-order valence-corrected chi connectivity index (χ2v) is 8.46. The molecule has 0 bridgehead atoms. The Hall–Kier alpha value is -1.96. The number of sulfonamides is 1. The third-order valence-electron chi connectivity index (χ3n) is 4.24. The van der Waals surface area contributed by atoms with E-state index in [9.17, 15) is 13.2 Å². The van der Waals surface area contributed by atoms with Crippen LogP contribution < -0.4 is 19.1 Å². The van der Waals surface area contributed by atoms with Gasteiger partial charge < -0.3 is 14.8 Å². The van der Waals surface area contributed by atoms with E-state index in [1.807, 2.05) is 20.8 Å². The summed E-state index contributed by atoms with van der Waals surface area (Å²) in [5.41, 5.74) is 0.367. The van der Waals surface area contributed by atoms with Crippen LogP contribution in [0.5, 0.6) is 11.5 Å². The molecule has 0 saturated heterocycles. The lowest BCUT2D eigenvalue weighted by molar-refractivity contribution is -0.122. The lowest BCUT2D eigenvalue weighted by atomic mass is 10.1. The van der Waals surface area contributed by atoms with Crippen molar-refractivity contribution in [3.05, 3.63) is 18.2 Å². The first-order valence-corrected chi connectivity index (χ1v) is 10.2. The molecule has 7 nitrogen and oxygen atoms in total. The highest BCUT2D eigenvalue weighted by Crippen LogP contribution is 2.35. The first-order chi connectivity index (χ1) is 11.6. The van der Waals surface area contributed by atoms with E-state index < -0.39 is 16.1 Å². The molecule has 1 N–H and O–H groups in total. The van der Waals surface area contributed by atoms with Crippen LogP contribution in [0.2, 0.25) is 0 Å². The molecule has 0 fully saturated rings. The zero-order chi connectivity index (χ0) is 18.8. The molecule has 0 aromatic heterocycles. The quantitative estimate of drug-likeness (QED) is 0.825. The number of ether oxygens (including phenoxy) is 2. The number of amides is 1. The molecule has 1 aromatic rings. The summed E-state index contributed by atoms with van der Waals surface area (Å²) in [6.07, 6.45) is 1.08. The van der Waals surface area contributed by atoms with Gasteiger partial charge in [0.25, 0.3) is 0 Å². The van der Waals surface area contributed by atoms with E-state index >= 15 is 0 Å². The van der Waals surface area contributed by atoms with Gasteiger partial charge in [-0.1, -0.05) is 13.8 Å². The zero-order valence-electron chi connectivity index (χ0n) is 15.3. The standard InChI is InChI=1S/C17H26N2O5S/c1-11(2)12(3)18-17(20)13(4)19(25(5,21)22)14-6-7-15-16(10-14)24-9-8-23-15/h6-7,10-13H,8-9H2,1-5H3,(H,18,20)/t12-,13+/m0/s1. The molecule has 1 amide bonds. The van der Waals surface area contributed by atoms with Crippen LogP contribution in [-0.2, 0) is 14.8 Å². The number of carbonyl (C=O) groups excluding carboxylic acids is 1. The van der Waals surface area contributed by atoms with E-state index in [0.29, 0.717) is 30.4 Å². The predicted octanol–water partition coefficient (Wildman–Crippen LogP) is 1.77. The van der Waals surface area contributed by atoms with Gasteiger partial charge in [-0.3, -0.25) is 9.10 Å². The fourth-order valence-electron chi connectivity index (χ4n) is 2.49. The Bertz CT molecular complexity index is 733. The van der Waals surface area contributed by atoms with Gasteiger partial charge in [0.05, 0.1) is 11.9 Å². The van der Waals surface area contributed by atoms with Gasteiger partial charge in [0.15, 0.2) is 11.5 Å². The molecular formula is C17H26N2O5S. The molecule has 2 rings (SSSR count). The van der Waals surface area contributed by atoms with Crippen molar-refractivity contribution in [2.75, 3.05) is 23.8 Å². The molecule has 0 aliphatic carbocycles. The molecule has 1 aromatic carbocycles. The Morgan fingerprint density at radius 1 is 1.12 bits per heavy atom. The normalized spacial score (nSPS) is 16.2. The van der Waals surface area contributed by atoms with Crippen molar-refractivity contribution < 1.29 is 22.7 Å². The molecule has 25 heavy (non-hydrogen) atoms. The van der Waals surface area contributed by atoms with Crippen LogP contribution in [0.1, 0.15) is 27.7 Å². The maximum absolute atomic E-state index is 12.5. The first-order valence-electron chi connectivity index (χ1n) is 8.30. The number of rotatable bonds is 6. The SMILES string of the molecule is CC(C)[C@H](C)NC(=O)[C@@H](C)N(c1ccc2c(c1)OCCO2)S(C)(=O)=O. The Balaban J connectivity index is 2.32. The van der Waals surface area contributed by atoms with Crippen molar-refractivity contribution in [2.45, 2.75) is 39.8 Å². The molecule has 1 heterocycles. The molecule has 140 valence electrons. The number of hydrogen-bond donors (Lipinski definition) is 1. The highest BCUT2D eigenvalue weighted by molar-refractivity contribution is 7.92. The molecule has 0 spiro atoms. The van der Waals surface area contributed by atoms with Crippen LogP contribution in [0.4, 0.5) is 5.69 Å².